The van der Waals surface area contributed by atoms with Crippen molar-refractivity contribution in [3.8, 4) is 5.75 Å². The topological polar surface area (TPSA) is 89.4 Å². The Balaban J connectivity index is 1.27. The van der Waals surface area contributed by atoms with Crippen LogP contribution in [0.25, 0.3) is 0 Å². The van der Waals surface area contributed by atoms with Crippen LogP contribution in [0.15, 0.2) is 24.3 Å². The smallest absolute Gasteiger partial charge is 0.270 e. The molecule has 2 aliphatic heterocycles. The minimum Gasteiger partial charge on any atom is -0.482 e. The van der Waals surface area contributed by atoms with Crippen molar-refractivity contribution in [3.63, 3.8) is 0 Å². The van der Waals surface area contributed by atoms with Gasteiger partial charge in [-0.2, -0.15) is 0 Å². The molecule has 3 aromatic rings. The van der Waals surface area contributed by atoms with Crippen molar-refractivity contribution in [1.29, 1.82) is 0 Å². The maximum atomic E-state index is 15.4. The van der Waals surface area contributed by atoms with Gasteiger partial charge in [-0.3, -0.25) is 9.59 Å². The van der Waals surface area contributed by atoms with Gasteiger partial charge in [-0.15, -0.1) is 0 Å². The number of carbonyl (C=O) groups is 2. The molecule has 2 amide bonds. The van der Waals surface area contributed by atoms with Crippen LogP contribution in [0.3, 0.4) is 0 Å². The van der Waals surface area contributed by atoms with E-state index in [1.165, 1.54) is 6.92 Å². The van der Waals surface area contributed by atoms with E-state index in [0.717, 1.165) is 55.9 Å². The summed E-state index contributed by atoms with van der Waals surface area (Å²) in [5, 5.41) is 2.90. The summed E-state index contributed by atoms with van der Waals surface area (Å²) in [4.78, 5) is 36.6. The van der Waals surface area contributed by atoms with Crippen LogP contribution in [0.5, 0.6) is 5.75 Å². The Morgan fingerprint density at radius 2 is 1.85 bits per heavy atom. The first-order valence-electron chi connectivity index (χ1n) is 13.5. The first-order valence-corrected chi connectivity index (χ1v) is 13.5. The van der Waals surface area contributed by atoms with E-state index in [-0.39, 0.29) is 35.6 Å². The molecule has 1 unspecified atom stereocenters. The molecule has 0 radical (unpaired) electrons. The van der Waals surface area contributed by atoms with Crippen LogP contribution in [-0.2, 0) is 24.2 Å². The summed E-state index contributed by atoms with van der Waals surface area (Å²) in [5.41, 5.74) is 2.70. The molecule has 6 rings (SSSR count). The fourth-order valence-electron chi connectivity index (χ4n) is 5.55. The Bertz CT molecular complexity index is 1470. The van der Waals surface area contributed by atoms with E-state index in [9.17, 15) is 14.0 Å². The van der Waals surface area contributed by atoms with Crippen LogP contribution in [-0.4, -0.2) is 50.4 Å². The number of ether oxygens (including phenoxy) is 1. The third kappa shape index (κ3) is 4.77. The van der Waals surface area contributed by atoms with E-state index in [0.29, 0.717) is 30.1 Å². The average molecular weight is 536 g/mol. The van der Waals surface area contributed by atoms with Crippen LogP contribution < -0.4 is 10.1 Å². The highest BCUT2D eigenvalue weighted by Crippen LogP contribution is 2.39. The summed E-state index contributed by atoms with van der Waals surface area (Å²) in [6.45, 7) is 3.96. The lowest BCUT2D eigenvalue weighted by atomic mass is 9.93. The van der Waals surface area contributed by atoms with Crippen LogP contribution in [0, 0.1) is 25.5 Å². The number of aromatic nitrogens is 3. The number of hydrogen-bond acceptors (Lipinski definition) is 5. The number of aryl methyl sites for hydroxylation is 3. The third-order valence-electron chi connectivity index (χ3n) is 7.81. The zero-order chi connectivity index (χ0) is 27.3. The molecule has 1 aliphatic carbocycles. The van der Waals surface area contributed by atoms with E-state index >= 15 is 4.39 Å². The molecular weight excluding hydrogens is 504 g/mol. The molecule has 1 atom stereocenters. The van der Waals surface area contributed by atoms with E-state index in [2.05, 4.69) is 14.9 Å². The fourth-order valence-corrected chi connectivity index (χ4v) is 5.55. The summed E-state index contributed by atoms with van der Waals surface area (Å²) in [7, 11) is 0. The van der Waals surface area contributed by atoms with Gasteiger partial charge in [0.1, 0.15) is 23.3 Å². The van der Waals surface area contributed by atoms with E-state index < -0.39 is 17.7 Å². The summed E-state index contributed by atoms with van der Waals surface area (Å²) >= 11 is 0. The second-order valence-electron chi connectivity index (χ2n) is 10.6. The van der Waals surface area contributed by atoms with E-state index in [1.807, 2.05) is 0 Å². The van der Waals surface area contributed by atoms with Crippen molar-refractivity contribution < 1.29 is 23.1 Å². The minimum atomic E-state index is -0.946. The molecular formula is C29H31F2N5O3. The van der Waals surface area contributed by atoms with Gasteiger partial charge in [0, 0.05) is 37.5 Å². The van der Waals surface area contributed by atoms with Gasteiger partial charge in [0.15, 0.2) is 18.2 Å². The average Bonchev–Trinajstić information content (AvgIpc) is 3.67. The minimum absolute atomic E-state index is 0.115. The zero-order valence-corrected chi connectivity index (χ0v) is 22.1. The zero-order valence-electron chi connectivity index (χ0n) is 22.1. The van der Waals surface area contributed by atoms with Gasteiger partial charge in [0.25, 0.3) is 11.8 Å². The predicted molar refractivity (Wildman–Crippen MR) is 138 cm³/mol. The molecule has 4 heterocycles. The van der Waals surface area contributed by atoms with Crippen molar-refractivity contribution in [2.24, 2.45) is 0 Å². The molecule has 1 fully saturated rings. The Hall–Kier alpha value is -3.82. The maximum Gasteiger partial charge on any atom is 0.270 e. The predicted octanol–water partition coefficient (Wildman–Crippen LogP) is 3.95. The molecule has 1 aromatic carbocycles. The van der Waals surface area contributed by atoms with Gasteiger partial charge in [-0.05, 0) is 57.2 Å². The Morgan fingerprint density at radius 1 is 1.03 bits per heavy atom. The first-order chi connectivity index (χ1) is 18.8. The summed E-state index contributed by atoms with van der Waals surface area (Å²) in [5.74, 6) is -1.12. The number of fused-ring (bicyclic) bond motifs is 3. The number of nitrogens with zero attached hydrogens (tertiary/aromatic N) is 4. The molecule has 39 heavy (non-hydrogen) atoms. The highest BCUT2D eigenvalue weighted by molar-refractivity contribution is 5.92. The molecule has 3 aliphatic rings. The number of rotatable bonds is 6. The standard InChI is InChI=1S/C29H31F2N5O3/c1-16-6-9-19(26(31)25(16)30)27-28-20(34-23-5-3-4-13-35(23)28)12-14-36(27)24(37)15-39-22-11-10-21(32-17(22)2)29(38)33-18-7-8-18/h6,9-11,18,27H,3-5,7-8,12-15H2,1-2H3,(H,33,38). The van der Waals surface area contributed by atoms with Crippen LogP contribution in [0.1, 0.15) is 76.2 Å². The maximum absolute atomic E-state index is 15.4. The summed E-state index contributed by atoms with van der Waals surface area (Å²) in [6.07, 6.45) is 5.30. The van der Waals surface area contributed by atoms with Crippen molar-refractivity contribution in [3.05, 3.63) is 75.6 Å². The summed E-state index contributed by atoms with van der Waals surface area (Å²) < 4.78 is 38.0. The monoisotopic (exact) mass is 535 g/mol. The lowest BCUT2D eigenvalue weighted by Gasteiger charge is -2.37. The van der Waals surface area contributed by atoms with Gasteiger partial charge in [0.2, 0.25) is 0 Å². The van der Waals surface area contributed by atoms with Crippen LogP contribution in [0.2, 0.25) is 0 Å². The number of hydrogen-bond donors (Lipinski definition) is 1. The van der Waals surface area contributed by atoms with Crippen molar-refractivity contribution in [2.75, 3.05) is 13.2 Å². The number of carbonyl (C=O) groups excluding carboxylic acids is 2. The van der Waals surface area contributed by atoms with Crippen LogP contribution in [0.4, 0.5) is 8.78 Å². The van der Waals surface area contributed by atoms with Gasteiger partial charge < -0.3 is 19.5 Å². The van der Waals surface area contributed by atoms with Gasteiger partial charge >= 0.3 is 0 Å². The lowest BCUT2D eigenvalue weighted by molar-refractivity contribution is -0.135. The van der Waals surface area contributed by atoms with E-state index in [4.69, 9.17) is 9.72 Å². The Morgan fingerprint density at radius 3 is 2.62 bits per heavy atom. The van der Waals surface area contributed by atoms with Crippen molar-refractivity contribution >= 4 is 11.8 Å². The molecule has 1 saturated carbocycles. The fraction of sp³-hybridized carbons (Fsp3) is 0.448. The van der Waals surface area contributed by atoms with E-state index in [1.54, 1.807) is 36.1 Å². The number of nitrogens with one attached hydrogen (secondary N) is 1. The quantitative estimate of drug-likeness (QED) is 0.516. The number of imidazole rings is 1. The third-order valence-corrected chi connectivity index (χ3v) is 7.81. The van der Waals surface area contributed by atoms with Gasteiger partial charge in [0.05, 0.1) is 17.1 Å². The number of benzene rings is 1. The molecule has 2 aromatic heterocycles. The molecule has 0 bridgehead atoms. The highest BCUT2D eigenvalue weighted by Gasteiger charge is 2.39. The number of halogens is 2. The number of amides is 2. The molecule has 10 heteroatoms. The van der Waals surface area contributed by atoms with Gasteiger partial charge in [-0.25, -0.2) is 18.7 Å². The first kappa shape index (κ1) is 25.5. The Kier molecular flexibility index (Phi) is 6.56. The van der Waals surface area contributed by atoms with Crippen molar-refractivity contribution in [1.82, 2.24) is 24.8 Å². The number of pyridine rings is 1. The van der Waals surface area contributed by atoms with Crippen molar-refractivity contribution in [2.45, 2.75) is 71.0 Å². The molecule has 1 N–H and O–H groups in total. The van der Waals surface area contributed by atoms with Crippen LogP contribution >= 0.6 is 0 Å². The molecule has 0 spiro atoms. The normalized spacial score (nSPS) is 18.4. The second kappa shape index (κ2) is 10.1. The highest BCUT2D eigenvalue weighted by atomic mass is 19.2. The summed E-state index contributed by atoms with van der Waals surface area (Å²) in [6, 6.07) is 5.72. The SMILES string of the molecule is Cc1ccc(C2c3c(nc4n3CCCC4)CCN2C(=O)COc2ccc(C(=O)NC3CC3)nc2C)c(F)c1F. The Labute approximate surface area is 225 Å². The second-order valence-corrected chi connectivity index (χ2v) is 10.6. The lowest BCUT2D eigenvalue weighted by Crippen LogP contribution is -2.44. The largest absolute Gasteiger partial charge is 0.482 e. The molecule has 204 valence electrons. The van der Waals surface area contributed by atoms with Gasteiger partial charge in [-0.1, -0.05) is 12.1 Å². The molecule has 8 nitrogen and oxygen atoms in total. The molecule has 0 saturated heterocycles.